The van der Waals surface area contributed by atoms with Gasteiger partial charge in [0, 0.05) is 24.8 Å². The highest BCUT2D eigenvalue weighted by atomic mass is 16.5. The third kappa shape index (κ3) is 3.81. The van der Waals surface area contributed by atoms with E-state index in [9.17, 15) is 4.79 Å². The number of aromatic nitrogens is 2. The van der Waals surface area contributed by atoms with E-state index in [1.54, 1.807) is 18.2 Å². The van der Waals surface area contributed by atoms with Gasteiger partial charge < -0.3 is 14.7 Å². The summed E-state index contributed by atoms with van der Waals surface area (Å²) < 4.78 is 5.87. The maximum absolute atomic E-state index is 11.2. The lowest BCUT2D eigenvalue weighted by molar-refractivity contribution is 0.0696. The van der Waals surface area contributed by atoms with Crippen LogP contribution in [0.15, 0.2) is 54.6 Å². The van der Waals surface area contributed by atoms with Crippen LogP contribution in [-0.4, -0.2) is 27.6 Å². The Bertz CT molecular complexity index is 1020. The van der Waals surface area contributed by atoms with Gasteiger partial charge >= 0.3 is 5.97 Å². The highest BCUT2D eigenvalue weighted by Crippen LogP contribution is 2.26. The number of nitrogens with zero attached hydrogens (tertiary/aromatic N) is 3. The average Bonchev–Trinajstić information content (AvgIpc) is 2.73. The van der Waals surface area contributed by atoms with Crippen molar-refractivity contribution in [2.24, 2.45) is 0 Å². The molecule has 0 bridgehead atoms. The van der Waals surface area contributed by atoms with Gasteiger partial charge in [0.1, 0.15) is 5.75 Å². The number of aryl methyl sites for hydroxylation is 1. The van der Waals surface area contributed by atoms with Crippen LogP contribution < -0.4 is 9.64 Å². The van der Waals surface area contributed by atoms with Crippen molar-refractivity contribution in [3.8, 4) is 11.6 Å². The number of anilines is 1. The molecule has 4 rings (SSSR count). The second-order valence-corrected chi connectivity index (χ2v) is 6.73. The van der Waals surface area contributed by atoms with Crippen molar-refractivity contribution in [1.29, 1.82) is 0 Å². The Hall–Kier alpha value is -3.41. The summed E-state index contributed by atoms with van der Waals surface area (Å²) >= 11 is 0. The average molecular weight is 375 g/mol. The molecule has 2 heterocycles. The predicted octanol–water partition coefficient (Wildman–Crippen LogP) is 4.09. The minimum Gasteiger partial charge on any atom is -0.478 e. The van der Waals surface area contributed by atoms with E-state index in [-0.39, 0.29) is 5.56 Å². The van der Waals surface area contributed by atoms with Crippen molar-refractivity contribution >= 4 is 11.9 Å². The smallest absolute Gasteiger partial charge is 0.335 e. The summed E-state index contributed by atoms with van der Waals surface area (Å²) in [6, 6.07) is 16.6. The highest BCUT2D eigenvalue weighted by molar-refractivity contribution is 5.88. The minimum absolute atomic E-state index is 0.176. The second kappa shape index (κ2) is 7.68. The summed E-state index contributed by atoms with van der Waals surface area (Å²) in [5.74, 6) is 0.507. The Balaban J connectivity index is 1.62. The van der Waals surface area contributed by atoms with Gasteiger partial charge in [0.05, 0.1) is 5.56 Å². The molecule has 1 aromatic heterocycles. The summed E-state index contributed by atoms with van der Waals surface area (Å²) in [5, 5.41) is 9.16. The van der Waals surface area contributed by atoms with Crippen LogP contribution in [-0.2, 0) is 19.4 Å². The van der Waals surface area contributed by atoms with Gasteiger partial charge in [-0.25, -0.2) is 9.78 Å². The number of carbonyl (C=O) groups is 1. The molecule has 0 unspecified atom stereocenters. The molecule has 0 saturated heterocycles. The van der Waals surface area contributed by atoms with Crippen molar-refractivity contribution in [2.45, 2.75) is 26.3 Å². The maximum atomic E-state index is 11.2. The van der Waals surface area contributed by atoms with Crippen LogP contribution in [0.5, 0.6) is 11.6 Å². The van der Waals surface area contributed by atoms with Crippen LogP contribution in [0.1, 0.15) is 34.1 Å². The van der Waals surface area contributed by atoms with E-state index in [4.69, 9.17) is 9.84 Å². The number of aromatic carboxylic acids is 1. The fourth-order valence-corrected chi connectivity index (χ4v) is 3.31. The van der Waals surface area contributed by atoms with Gasteiger partial charge in [0.15, 0.2) is 0 Å². The number of hydrogen-bond donors (Lipinski definition) is 1. The van der Waals surface area contributed by atoms with Gasteiger partial charge in [0.2, 0.25) is 11.8 Å². The van der Waals surface area contributed by atoms with Gasteiger partial charge in [-0.3, -0.25) is 0 Å². The first-order valence-electron chi connectivity index (χ1n) is 9.33. The number of carboxylic acid groups (broad SMARTS) is 1. The number of carboxylic acids is 1. The molecule has 0 fully saturated rings. The van der Waals surface area contributed by atoms with E-state index >= 15 is 0 Å². The minimum atomic E-state index is -0.991. The molecule has 28 heavy (non-hydrogen) atoms. The van der Waals surface area contributed by atoms with Crippen LogP contribution in [0, 0.1) is 0 Å². The molecule has 0 atom stereocenters. The zero-order valence-electron chi connectivity index (χ0n) is 15.6. The van der Waals surface area contributed by atoms with E-state index in [0.29, 0.717) is 17.6 Å². The first kappa shape index (κ1) is 18.0. The van der Waals surface area contributed by atoms with E-state index in [2.05, 4.69) is 39.1 Å². The first-order valence-corrected chi connectivity index (χ1v) is 9.33. The first-order chi connectivity index (χ1) is 13.6. The topological polar surface area (TPSA) is 75.6 Å². The third-order valence-electron chi connectivity index (χ3n) is 4.82. The zero-order valence-corrected chi connectivity index (χ0v) is 15.6. The van der Waals surface area contributed by atoms with Crippen LogP contribution in [0.2, 0.25) is 0 Å². The molecular formula is C22H21N3O3. The molecule has 1 aliphatic rings. The molecule has 3 aromatic rings. The molecule has 6 heteroatoms. The fourth-order valence-electron chi connectivity index (χ4n) is 3.31. The monoisotopic (exact) mass is 375 g/mol. The number of benzene rings is 2. The van der Waals surface area contributed by atoms with E-state index in [1.807, 2.05) is 6.92 Å². The van der Waals surface area contributed by atoms with Crippen LogP contribution in [0.25, 0.3) is 0 Å². The summed E-state index contributed by atoms with van der Waals surface area (Å²) in [6.07, 6.45) is 1.71. The van der Waals surface area contributed by atoms with Crippen molar-refractivity contribution in [3.63, 3.8) is 0 Å². The molecule has 0 amide bonds. The van der Waals surface area contributed by atoms with Crippen molar-refractivity contribution in [2.75, 3.05) is 11.4 Å². The number of hydrogen-bond acceptors (Lipinski definition) is 5. The molecule has 0 saturated carbocycles. The van der Waals surface area contributed by atoms with Crippen LogP contribution in [0.3, 0.4) is 0 Å². The summed E-state index contributed by atoms with van der Waals surface area (Å²) in [6.45, 7) is 3.64. The molecule has 1 aliphatic heterocycles. The van der Waals surface area contributed by atoms with Crippen molar-refractivity contribution in [1.82, 2.24) is 9.97 Å². The molecule has 142 valence electrons. The van der Waals surface area contributed by atoms with Crippen LogP contribution >= 0.6 is 0 Å². The van der Waals surface area contributed by atoms with Crippen molar-refractivity contribution < 1.29 is 14.6 Å². The zero-order chi connectivity index (χ0) is 19.5. The Morgan fingerprint density at radius 2 is 1.93 bits per heavy atom. The second-order valence-electron chi connectivity index (χ2n) is 6.73. The molecule has 0 radical (unpaired) electrons. The van der Waals surface area contributed by atoms with E-state index in [0.717, 1.165) is 31.6 Å². The van der Waals surface area contributed by atoms with Crippen molar-refractivity contribution in [3.05, 3.63) is 77.0 Å². The number of ether oxygens (including phenoxy) is 1. The maximum Gasteiger partial charge on any atom is 0.335 e. The summed E-state index contributed by atoms with van der Waals surface area (Å²) in [7, 11) is 0. The normalized spacial score (nSPS) is 13.1. The van der Waals surface area contributed by atoms with Crippen LogP contribution in [0.4, 0.5) is 5.95 Å². The lowest BCUT2D eigenvalue weighted by Gasteiger charge is -2.29. The molecule has 2 aromatic carbocycles. The van der Waals surface area contributed by atoms with Gasteiger partial charge in [-0.2, -0.15) is 4.98 Å². The largest absolute Gasteiger partial charge is 0.478 e. The Labute approximate surface area is 163 Å². The molecule has 1 N–H and O–H groups in total. The van der Waals surface area contributed by atoms with Gasteiger partial charge in [-0.15, -0.1) is 0 Å². The standard InChI is InChI=1S/C22H21N3O3/c1-2-18-13-20(28-19-9-5-8-16(12-19)21(26)27)24-22(23-18)25-11-10-15-6-3-4-7-17(15)14-25/h3-9,12-13H,2,10-11,14H2,1H3,(H,26,27). The summed E-state index contributed by atoms with van der Waals surface area (Å²) in [5.41, 5.74) is 3.71. The fraction of sp³-hybridized carbons (Fsp3) is 0.227. The lowest BCUT2D eigenvalue weighted by atomic mass is 10.0. The summed E-state index contributed by atoms with van der Waals surface area (Å²) in [4.78, 5) is 22.6. The molecular weight excluding hydrogens is 354 g/mol. The van der Waals surface area contributed by atoms with Gasteiger partial charge in [-0.1, -0.05) is 37.3 Å². The number of fused-ring (bicyclic) bond motifs is 1. The third-order valence-corrected chi connectivity index (χ3v) is 4.82. The Kier molecular flexibility index (Phi) is 4.93. The number of rotatable bonds is 5. The molecule has 6 nitrogen and oxygen atoms in total. The predicted molar refractivity (Wildman–Crippen MR) is 106 cm³/mol. The highest BCUT2D eigenvalue weighted by Gasteiger charge is 2.19. The Morgan fingerprint density at radius 1 is 1.11 bits per heavy atom. The lowest BCUT2D eigenvalue weighted by Crippen LogP contribution is -2.32. The van der Waals surface area contributed by atoms with Gasteiger partial charge in [-0.05, 0) is 42.2 Å². The molecule has 0 aliphatic carbocycles. The van der Waals surface area contributed by atoms with E-state index in [1.165, 1.54) is 23.3 Å². The Morgan fingerprint density at radius 3 is 2.71 bits per heavy atom. The molecule has 0 spiro atoms. The quantitative estimate of drug-likeness (QED) is 0.724. The van der Waals surface area contributed by atoms with Gasteiger partial charge in [0.25, 0.3) is 0 Å². The van der Waals surface area contributed by atoms with E-state index < -0.39 is 5.97 Å². The SMILES string of the molecule is CCc1cc(Oc2cccc(C(=O)O)c2)nc(N2CCc3ccccc3C2)n1.